The fourth-order valence-electron chi connectivity index (χ4n) is 2.05. The number of hydrogen-bond acceptors (Lipinski definition) is 2. The number of carbonyl (C=O) groups is 1. The van der Waals surface area contributed by atoms with Crippen LogP contribution < -0.4 is 10.1 Å². The number of benzene rings is 2. The maximum Gasteiger partial charge on any atom is 0.266 e. The first-order valence-corrected chi connectivity index (χ1v) is 8.08. The average molecular weight is 393 g/mol. The van der Waals surface area contributed by atoms with Crippen LogP contribution in [-0.2, 0) is 4.79 Å². The summed E-state index contributed by atoms with van der Waals surface area (Å²) in [7, 11) is 0. The van der Waals surface area contributed by atoms with Crippen molar-refractivity contribution in [1.82, 2.24) is 5.32 Å². The zero-order valence-electron chi connectivity index (χ0n) is 11.5. The minimum Gasteiger partial charge on any atom is -0.476 e. The highest BCUT2D eigenvalue weighted by Gasteiger charge is 2.29. The second kappa shape index (κ2) is 6.47. The van der Waals surface area contributed by atoms with Gasteiger partial charge in [0.25, 0.3) is 5.91 Å². The minimum absolute atomic E-state index is 0.0674. The Kier molecular flexibility index (Phi) is 4.43. The molecule has 21 heavy (non-hydrogen) atoms. The molecule has 0 radical (unpaired) electrons. The summed E-state index contributed by atoms with van der Waals surface area (Å²) in [6.45, 7) is 0. The second-order valence-electron chi connectivity index (χ2n) is 5.15. The quantitative estimate of drug-likeness (QED) is 0.788. The Morgan fingerprint density at radius 2 is 1.76 bits per heavy atom. The zero-order chi connectivity index (χ0) is 14.7. The van der Waals surface area contributed by atoms with Gasteiger partial charge < -0.3 is 10.1 Å². The Morgan fingerprint density at radius 3 is 2.38 bits per heavy atom. The van der Waals surface area contributed by atoms with E-state index in [4.69, 9.17) is 4.74 Å². The van der Waals surface area contributed by atoms with E-state index in [-0.39, 0.29) is 5.91 Å². The van der Waals surface area contributed by atoms with Crippen molar-refractivity contribution in [2.75, 3.05) is 0 Å². The molecule has 1 amide bonds. The number of hydrogen-bond donors (Lipinski definition) is 1. The van der Waals surface area contributed by atoms with Crippen LogP contribution in [0.1, 0.15) is 24.5 Å². The second-order valence-corrected chi connectivity index (χ2v) is 6.39. The maximum absolute atomic E-state index is 12.4. The molecule has 2 aromatic carbocycles. The molecular formula is C17H16INO2. The lowest BCUT2D eigenvalue weighted by Crippen LogP contribution is -2.33. The lowest BCUT2D eigenvalue weighted by molar-refractivity contribution is -0.128. The highest BCUT2D eigenvalue weighted by Crippen LogP contribution is 2.25. The largest absolute Gasteiger partial charge is 0.476 e. The first-order chi connectivity index (χ1) is 10.2. The third-order valence-electron chi connectivity index (χ3n) is 3.33. The molecule has 1 atom stereocenters. The van der Waals surface area contributed by atoms with E-state index in [0.29, 0.717) is 11.8 Å². The fraction of sp³-hybridized carbons (Fsp3) is 0.235. The van der Waals surface area contributed by atoms with E-state index in [1.807, 2.05) is 54.6 Å². The number of nitrogens with one attached hydrogen (secondary N) is 1. The van der Waals surface area contributed by atoms with Crippen molar-refractivity contribution in [3.8, 4) is 5.75 Å². The van der Waals surface area contributed by atoms with E-state index >= 15 is 0 Å². The number of halogens is 1. The molecule has 1 aliphatic rings. The third-order valence-corrected chi connectivity index (χ3v) is 4.05. The van der Waals surface area contributed by atoms with Gasteiger partial charge in [-0.05, 0) is 59.7 Å². The first kappa shape index (κ1) is 14.4. The van der Waals surface area contributed by atoms with E-state index in [2.05, 4.69) is 27.9 Å². The molecule has 2 aromatic rings. The van der Waals surface area contributed by atoms with Crippen LogP contribution in [0.15, 0.2) is 54.6 Å². The number of amides is 1. The summed E-state index contributed by atoms with van der Waals surface area (Å²) >= 11 is 2.24. The summed E-state index contributed by atoms with van der Waals surface area (Å²) in [5.41, 5.74) is 0.870. The molecule has 3 nitrogen and oxygen atoms in total. The van der Waals surface area contributed by atoms with Gasteiger partial charge in [0.05, 0.1) is 0 Å². The maximum atomic E-state index is 12.4. The molecule has 1 unspecified atom stereocenters. The van der Waals surface area contributed by atoms with E-state index < -0.39 is 6.10 Å². The number of carbonyl (C=O) groups excluding carboxylic acids is 1. The van der Waals surface area contributed by atoms with Crippen LogP contribution in [0.5, 0.6) is 5.75 Å². The molecule has 1 fully saturated rings. The van der Waals surface area contributed by atoms with Gasteiger partial charge in [0.15, 0.2) is 0 Å². The fourth-order valence-corrected chi connectivity index (χ4v) is 2.41. The summed E-state index contributed by atoms with van der Waals surface area (Å²) in [4.78, 5) is 12.4. The Hall–Kier alpha value is -1.56. The third kappa shape index (κ3) is 3.97. The molecule has 0 spiro atoms. The first-order valence-electron chi connectivity index (χ1n) is 7.00. The monoisotopic (exact) mass is 393 g/mol. The highest BCUT2D eigenvalue weighted by molar-refractivity contribution is 14.1. The average Bonchev–Trinajstić information content (AvgIpc) is 3.31. The van der Waals surface area contributed by atoms with Gasteiger partial charge in [0.2, 0.25) is 6.10 Å². The van der Waals surface area contributed by atoms with Crippen molar-refractivity contribution >= 4 is 28.5 Å². The molecule has 0 aromatic heterocycles. The lowest BCUT2D eigenvalue weighted by atomic mass is 10.1. The van der Waals surface area contributed by atoms with Gasteiger partial charge in [-0.1, -0.05) is 30.3 Å². The van der Waals surface area contributed by atoms with Crippen molar-refractivity contribution in [2.24, 2.45) is 0 Å². The predicted molar refractivity (Wildman–Crippen MR) is 90.1 cm³/mol. The van der Waals surface area contributed by atoms with Gasteiger partial charge in [-0.2, -0.15) is 0 Å². The molecule has 3 rings (SSSR count). The minimum atomic E-state index is -0.605. The summed E-state index contributed by atoms with van der Waals surface area (Å²) in [5, 5.41) is 3.02. The van der Waals surface area contributed by atoms with Gasteiger partial charge in [0, 0.05) is 15.2 Å². The molecule has 0 aliphatic heterocycles. The number of rotatable bonds is 5. The van der Waals surface area contributed by atoms with Crippen LogP contribution >= 0.6 is 22.6 Å². The molecule has 0 heterocycles. The van der Waals surface area contributed by atoms with Crippen molar-refractivity contribution < 1.29 is 9.53 Å². The summed E-state index contributed by atoms with van der Waals surface area (Å²) in [5.74, 6) is 0.637. The molecular weight excluding hydrogens is 377 g/mol. The topological polar surface area (TPSA) is 38.3 Å². The number of ether oxygens (including phenoxy) is 1. The summed E-state index contributed by atoms with van der Waals surface area (Å²) in [6.07, 6.45) is 1.53. The van der Waals surface area contributed by atoms with Crippen LogP contribution in [0.2, 0.25) is 0 Å². The molecule has 0 bridgehead atoms. The van der Waals surface area contributed by atoms with Gasteiger partial charge in [-0.25, -0.2) is 0 Å². The molecule has 0 saturated heterocycles. The van der Waals surface area contributed by atoms with Crippen molar-refractivity contribution in [3.63, 3.8) is 0 Å². The van der Waals surface area contributed by atoms with Gasteiger partial charge in [-0.3, -0.25) is 4.79 Å². The molecule has 108 valence electrons. The van der Waals surface area contributed by atoms with Crippen LogP contribution in [0.4, 0.5) is 0 Å². The van der Waals surface area contributed by atoms with Gasteiger partial charge in [0.1, 0.15) is 5.75 Å². The van der Waals surface area contributed by atoms with Crippen molar-refractivity contribution in [1.29, 1.82) is 0 Å². The molecule has 1 aliphatic carbocycles. The summed E-state index contributed by atoms with van der Waals surface area (Å²) < 4.78 is 7.07. The van der Waals surface area contributed by atoms with Crippen molar-refractivity contribution in [3.05, 3.63) is 63.7 Å². The molecule has 1 N–H and O–H groups in total. The van der Waals surface area contributed by atoms with E-state index in [1.54, 1.807) is 0 Å². The van der Waals surface area contributed by atoms with Crippen LogP contribution in [0.25, 0.3) is 0 Å². The Balaban J connectivity index is 1.80. The molecule has 1 saturated carbocycles. The predicted octanol–water partition coefficient (Wildman–Crippen LogP) is 3.69. The Bertz CT molecular complexity index is 608. The Morgan fingerprint density at radius 1 is 1.10 bits per heavy atom. The van der Waals surface area contributed by atoms with E-state index in [1.165, 1.54) is 0 Å². The van der Waals surface area contributed by atoms with Crippen LogP contribution in [0.3, 0.4) is 0 Å². The van der Waals surface area contributed by atoms with Crippen LogP contribution in [0, 0.1) is 3.57 Å². The standard InChI is InChI=1S/C17H16INO2/c18-13-6-10-15(11-7-13)21-16(12-4-2-1-3-5-12)17(20)19-14-8-9-14/h1-7,10-11,14,16H,8-9H2,(H,19,20). The van der Waals surface area contributed by atoms with E-state index in [9.17, 15) is 4.79 Å². The Labute approximate surface area is 137 Å². The lowest BCUT2D eigenvalue weighted by Gasteiger charge is -2.19. The van der Waals surface area contributed by atoms with Gasteiger partial charge in [-0.15, -0.1) is 0 Å². The van der Waals surface area contributed by atoms with Crippen molar-refractivity contribution in [2.45, 2.75) is 25.0 Å². The van der Waals surface area contributed by atoms with E-state index in [0.717, 1.165) is 22.0 Å². The zero-order valence-corrected chi connectivity index (χ0v) is 13.6. The summed E-state index contributed by atoms with van der Waals surface area (Å²) in [6, 6.07) is 17.7. The SMILES string of the molecule is O=C(NC1CC1)C(Oc1ccc(I)cc1)c1ccccc1. The van der Waals surface area contributed by atoms with Crippen LogP contribution in [-0.4, -0.2) is 11.9 Å². The molecule has 4 heteroatoms. The normalized spacial score (nSPS) is 15.3. The highest BCUT2D eigenvalue weighted by atomic mass is 127. The smallest absolute Gasteiger partial charge is 0.266 e. The van der Waals surface area contributed by atoms with Gasteiger partial charge >= 0.3 is 0 Å².